The van der Waals surface area contributed by atoms with Crippen LogP contribution in [0.1, 0.15) is 99.9 Å². The van der Waals surface area contributed by atoms with E-state index in [1.54, 1.807) is 0 Å². The van der Waals surface area contributed by atoms with E-state index < -0.39 is 0 Å². The minimum atomic E-state index is 0.0270. The van der Waals surface area contributed by atoms with E-state index in [0.717, 1.165) is 44.2 Å². The van der Waals surface area contributed by atoms with Crippen LogP contribution >= 0.6 is 0 Å². The highest BCUT2D eigenvalue weighted by Crippen LogP contribution is 2.49. The van der Waals surface area contributed by atoms with Gasteiger partial charge in [0.1, 0.15) is 0 Å². The van der Waals surface area contributed by atoms with Crippen LogP contribution in [0.3, 0.4) is 0 Å². The van der Waals surface area contributed by atoms with E-state index in [1.807, 2.05) is 24.8 Å². The van der Waals surface area contributed by atoms with Gasteiger partial charge in [-0.3, -0.25) is 9.97 Å². The first-order valence-electron chi connectivity index (χ1n) is 23.0. The normalized spacial score (nSPS) is 14.0. The molecule has 2 nitrogen and oxygen atoms in total. The van der Waals surface area contributed by atoms with Gasteiger partial charge in [0.25, 0.3) is 0 Å². The molecule has 2 aromatic heterocycles. The molecule has 0 N–H and O–H groups in total. The van der Waals surface area contributed by atoms with Gasteiger partial charge in [0.05, 0.1) is 34.8 Å². The van der Waals surface area contributed by atoms with E-state index in [-0.39, 0.29) is 10.8 Å². The van der Waals surface area contributed by atoms with Crippen LogP contribution < -0.4 is 10.4 Å². The summed E-state index contributed by atoms with van der Waals surface area (Å²) in [5, 5.41) is 7.22. The lowest BCUT2D eigenvalue weighted by atomic mass is 9.69. The molecule has 2 heteroatoms. The lowest BCUT2D eigenvalue weighted by Gasteiger charge is -2.39. The van der Waals surface area contributed by atoms with Gasteiger partial charge in [-0.15, -0.1) is 5.73 Å². The van der Waals surface area contributed by atoms with Crippen LogP contribution in [0.2, 0.25) is 0 Å². The molecule has 0 aliphatic heterocycles. The molecule has 0 radical (unpaired) electrons. The number of benzene rings is 6. The molecule has 0 saturated carbocycles. The predicted octanol–water partition coefficient (Wildman–Crippen LogP) is 14.6. The van der Waals surface area contributed by atoms with Crippen molar-refractivity contribution in [3.8, 4) is 22.3 Å². The minimum absolute atomic E-state index is 0.0270. The number of allylic oxidation sites excluding steroid dienone is 4. The maximum absolute atomic E-state index is 4.38. The van der Waals surface area contributed by atoms with Crippen LogP contribution in [-0.4, -0.2) is 9.97 Å². The lowest BCUT2D eigenvalue weighted by molar-refractivity contribution is 0.472. The Balaban J connectivity index is 1.38. The molecule has 0 atom stereocenters. The van der Waals surface area contributed by atoms with Crippen LogP contribution in [0, 0.1) is 31.1 Å². The van der Waals surface area contributed by atoms with Crippen molar-refractivity contribution in [2.24, 2.45) is 5.41 Å². The molecule has 8 aromatic rings. The lowest BCUT2D eigenvalue weighted by Crippen LogP contribution is -2.22. The first-order chi connectivity index (χ1) is 31.2. The Morgan fingerprint density at radius 2 is 0.954 bits per heavy atom. The van der Waals surface area contributed by atoms with Crippen molar-refractivity contribution >= 4 is 38.4 Å². The molecule has 2 heterocycles. The first kappa shape index (κ1) is 41.9. The fraction of sp³-hybridized carbons (Fsp3) is 0.190. The molecule has 0 bridgehead atoms. The Morgan fingerprint density at radius 1 is 0.508 bits per heavy atom. The Bertz CT molecular complexity index is 3250. The van der Waals surface area contributed by atoms with Crippen molar-refractivity contribution < 1.29 is 0 Å². The fourth-order valence-corrected chi connectivity index (χ4v) is 10.3. The number of hydrogen-bond donors (Lipinski definition) is 0. The molecule has 0 spiro atoms. The quantitative estimate of drug-likeness (QED) is 0.131. The smallest absolute Gasteiger partial charge is 0.0976 e. The second-order valence-electron chi connectivity index (χ2n) is 20.2. The summed E-state index contributed by atoms with van der Waals surface area (Å²) in [6.45, 7) is 23.0. The van der Waals surface area contributed by atoms with Crippen LogP contribution in [0.25, 0.3) is 60.7 Å². The van der Waals surface area contributed by atoms with Crippen LogP contribution in [0.4, 0.5) is 0 Å². The molecule has 318 valence electrons. The van der Waals surface area contributed by atoms with Crippen molar-refractivity contribution in [3.63, 3.8) is 0 Å². The minimum Gasteiger partial charge on any atom is -0.265 e. The predicted molar refractivity (Wildman–Crippen MR) is 275 cm³/mol. The summed E-state index contributed by atoms with van der Waals surface area (Å²) in [6, 6.07) is 45.3. The van der Waals surface area contributed by atoms with Gasteiger partial charge in [0.15, 0.2) is 0 Å². The molecule has 0 amide bonds. The van der Waals surface area contributed by atoms with Gasteiger partial charge in [-0.2, -0.15) is 0 Å². The number of aryl methyl sites for hydroxylation is 2. The zero-order valence-electron chi connectivity index (χ0n) is 39.4. The van der Waals surface area contributed by atoms with Crippen LogP contribution in [-0.2, 0) is 5.41 Å². The van der Waals surface area contributed by atoms with Gasteiger partial charge in [-0.05, 0) is 99.8 Å². The number of hydrogen-bond acceptors (Lipinski definition) is 2. The van der Waals surface area contributed by atoms with Gasteiger partial charge in [-0.25, -0.2) is 0 Å². The highest BCUT2D eigenvalue weighted by molar-refractivity contribution is 6.06. The van der Waals surface area contributed by atoms with Gasteiger partial charge in [0, 0.05) is 54.5 Å². The summed E-state index contributed by atoms with van der Waals surface area (Å²) >= 11 is 0. The van der Waals surface area contributed by atoms with E-state index in [9.17, 15) is 0 Å². The van der Waals surface area contributed by atoms with E-state index in [4.69, 9.17) is 0 Å². The third-order valence-electron chi connectivity index (χ3n) is 13.6. The molecule has 65 heavy (non-hydrogen) atoms. The van der Waals surface area contributed by atoms with Gasteiger partial charge in [-0.1, -0.05) is 182 Å². The maximum Gasteiger partial charge on any atom is 0.0976 e. The Kier molecular flexibility index (Phi) is 10.2. The second kappa shape index (κ2) is 15.8. The summed E-state index contributed by atoms with van der Waals surface area (Å²) in [6.07, 6.45) is 12.3. The molecular formula is C63H56N2. The van der Waals surface area contributed by atoms with E-state index in [1.165, 1.54) is 88.7 Å². The average Bonchev–Trinajstić information content (AvgIpc) is 3.29. The van der Waals surface area contributed by atoms with Gasteiger partial charge in [0.2, 0.25) is 0 Å². The summed E-state index contributed by atoms with van der Waals surface area (Å²) in [4.78, 5) is 8.76. The van der Waals surface area contributed by atoms with Crippen molar-refractivity contribution in [2.75, 3.05) is 0 Å². The maximum atomic E-state index is 4.38. The number of rotatable bonds is 3. The monoisotopic (exact) mass is 840 g/mol. The SMILES string of the molecule is CC1=C[C+](C(C)(C)C)C=C(C)C1=c1c2ccccc2c(=C=C2c3cc(-c4ccncc4)ccc3[C-](c3c(C)cc(C(C)(C)C)cc3C)c3ccc(-c4ccncc4)cc32)c2ccccc12. The Labute approximate surface area is 385 Å². The molecule has 2 aliphatic rings. The first-order valence-corrected chi connectivity index (χ1v) is 23.0. The number of aromatic nitrogens is 2. The molecule has 10 rings (SSSR count). The highest BCUT2D eigenvalue weighted by Gasteiger charge is 2.33. The average molecular weight is 841 g/mol. The van der Waals surface area contributed by atoms with E-state index >= 15 is 0 Å². The van der Waals surface area contributed by atoms with Crippen LogP contribution in [0.15, 0.2) is 169 Å². The second-order valence-corrected chi connectivity index (χ2v) is 20.2. The summed E-state index contributed by atoms with van der Waals surface area (Å²) in [5.41, 5.74) is 23.8. The number of fused-ring (bicyclic) bond motifs is 4. The summed E-state index contributed by atoms with van der Waals surface area (Å²) in [5.74, 6) is 2.62. The number of nitrogens with zero attached hydrogens (tertiary/aromatic N) is 2. The van der Waals surface area contributed by atoms with Crippen molar-refractivity contribution in [1.82, 2.24) is 9.97 Å². The topological polar surface area (TPSA) is 25.8 Å². The van der Waals surface area contributed by atoms with Crippen LogP contribution in [0.5, 0.6) is 0 Å². The highest BCUT2D eigenvalue weighted by atomic mass is 14.6. The van der Waals surface area contributed by atoms with Gasteiger partial charge >= 0.3 is 0 Å². The molecular weight excluding hydrogens is 785 g/mol. The standard InChI is InChI=1S/C63H56N2/c1-38-31-46(62(5,6)7)32-39(2)58(38)60-50-17-13-11-15-48(50)56(49-16-12-14-18-51(49)60)37-57-54-35-44(42-23-27-64-28-24-42)19-21-52(54)61(59-40(3)33-47(34-41(59)4)63(8,9)10)53-22-20-45(36-55(53)57)43-25-29-65-30-26-43/h11-36H,1-10H3. The summed E-state index contributed by atoms with van der Waals surface area (Å²) < 4.78 is 0. The Morgan fingerprint density at radius 3 is 1.38 bits per heavy atom. The number of pyridine rings is 2. The van der Waals surface area contributed by atoms with E-state index in [0.29, 0.717) is 0 Å². The zero-order valence-corrected chi connectivity index (χ0v) is 39.4. The third-order valence-corrected chi connectivity index (χ3v) is 13.6. The van der Waals surface area contributed by atoms with Crippen molar-refractivity contribution in [2.45, 2.75) is 74.7 Å². The molecule has 0 unspecified atom stereocenters. The van der Waals surface area contributed by atoms with E-state index in [2.05, 4.69) is 218 Å². The molecule has 6 aromatic carbocycles. The van der Waals surface area contributed by atoms with Crippen molar-refractivity contribution in [1.29, 1.82) is 0 Å². The molecule has 0 fully saturated rings. The third kappa shape index (κ3) is 7.33. The summed E-state index contributed by atoms with van der Waals surface area (Å²) in [7, 11) is 0. The van der Waals surface area contributed by atoms with Gasteiger partial charge < -0.3 is 0 Å². The zero-order chi connectivity index (χ0) is 45.4. The molecule has 0 saturated heterocycles. The molecule has 2 aliphatic carbocycles. The fourth-order valence-electron chi connectivity index (χ4n) is 10.3. The van der Waals surface area contributed by atoms with Crippen molar-refractivity contribution in [3.05, 3.63) is 236 Å². The Hall–Kier alpha value is -7.12. The largest absolute Gasteiger partial charge is 0.265 e.